The molecule has 1 amide bonds. The lowest BCUT2D eigenvalue weighted by Gasteiger charge is -2.00. The molecule has 0 fully saturated rings. The monoisotopic (exact) mass is 450 g/mol. The van der Waals surface area contributed by atoms with Gasteiger partial charge < -0.3 is 0 Å². The number of carbonyl (C=O) groups excluding carboxylic acids is 1. The molecule has 0 radical (unpaired) electrons. The van der Waals surface area contributed by atoms with E-state index in [1.807, 2.05) is 6.92 Å². The molecular formula is C16H11ClN6O2S3. The molecule has 3 aromatic heterocycles. The predicted octanol–water partition coefficient (Wildman–Crippen LogP) is 3.51. The fraction of sp³-hybridized carbons (Fsp3) is 0.125. The minimum absolute atomic E-state index is 0.210. The molecule has 0 aliphatic rings. The number of benzene rings is 1. The second-order valence-electron chi connectivity index (χ2n) is 5.52. The summed E-state index contributed by atoms with van der Waals surface area (Å²) in [6, 6.07) is 8.03. The van der Waals surface area contributed by atoms with E-state index in [0.29, 0.717) is 36.5 Å². The number of amides is 1. The van der Waals surface area contributed by atoms with Gasteiger partial charge in [-0.2, -0.15) is 9.61 Å². The normalized spacial score (nSPS) is 11.1. The summed E-state index contributed by atoms with van der Waals surface area (Å²) in [5, 5.41) is 16.6. The zero-order chi connectivity index (χ0) is 19.7. The van der Waals surface area contributed by atoms with E-state index in [1.54, 1.807) is 24.3 Å². The molecule has 0 aliphatic heterocycles. The van der Waals surface area contributed by atoms with Crippen molar-refractivity contribution in [2.45, 2.75) is 17.0 Å². The Labute approximate surface area is 175 Å². The number of carbonyl (C=O) groups is 1. The molecule has 3 heterocycles. The molecule has 0 saturated heterocycles. The summed E-state index contributed by atoms with van der Waals surface area (Å²) in [5.41, 5.74) is 0.908. The van der Waals surface area contributed by atoms with Crippen molar-refractivity contribution in [1.29, 1.82) is 0 Å². The van der Waals surface area contributed by atoms with Gasteiger partial charge in [0.05, 0.1) is 5.69 Å². The molecule has 12 heteroatoms. The molecule has 4 aromatic rings. The van der Waals surface area contributed by atoms with Crippen molar-refractivity contribution in [3.63, 3.8) is 0 Å². The van der Waals surface area contributed by atoms with Crippen LogP contribution in [-0.4, -0.2) is 30.7 Å². The van der Waals surface area contributed by atoms with Gasteiger partial charge in [0, 0.05) is 22.4 Å². The second kappa shape index (κ2) is 7.95. The molecule has 28 heavy (non-hydrogen) atoms. The van der Waals surface area contributed by atoms with Gasteiger partial charge in [-0.15, -0.1) is 10.2 Å². The Bertz CT molecular complexity index is 1220. The van der Waals surface area contributed by atoms with E-state index in [2.05, 4.69) is 25.6 Å². The van der Waals surface area contributed by atoms with Crippen molar-refractivity contribution >= 4 is 62.0 Å². The summed E-state index contributed by atoms with van der Waals surface area (Å²) in [7, 11) is 0. The summed E-state index contributed by atoms with van der Waals surface area (Å²) in [4.78, 5) is 29.3. The minimum atomic E-state index is -0.287. The fourth-order valence-electron chi connectivity index (χ4n) is 2.25. The highest BCUT2D eigenvalue weighted by Gasteiger charge is 2.12. The number of nitrogens with one attached hydrogen (secondary N) is 1. The van der Waals surface area contributed by atoms with Crippen molar-refractivity contribution in [3.8, 4) is 0 Å². The number of aromatic nitrogens is 5. The first-order valence-corrected chi connectivity index (χ1v) is 10.9. The van der Waals surface area contributed by atoms with Crippen LogP contribution < -0.4 is 10.9 Å². The van der Waals surface area contributed by atoms with Gasteiger partial charge in [-0.25, -0.2) is 4.98 Å². The van der Waals surface area contributed by atoms with E-state index in [9.17, 15) is 9.59 Å². The van der Waals surface area contributed by atoms with Gasteiger partial charge in [-0.1, -0.05) is 46.0 Å². The van der Waals surface area contributed by atoms with E-state index in [0.717, 1.165) is 5.01 Å². The van der Waals surface area contributed by atoms with Gasteiger partial charge in [-0.3, -0.25) is 14.9 Å². The first kappa shape index (κ1) is 19.0. The van der Waals surface area contributed by atoms with E-state index in [1.165, 1.54) is 45.0 Å². The van der Waals surface area contributed by atoms with Crippen LogP contribution in [0.3, 0.4) is 0 Å². The van der Waals surface area contributed by atoms with Gasteiger partial charge in [-0.05, 0) is 31.2 Å². The maximum atomic E-state index is 12.2. The van der Waals surface area contributed by atoms with Crippen molar-refractivity contribution in [3.05, 3.63) is 62.0 Å². The molecule has 8 nitrogen and oxygen atoms in total. The summed E-state index contributed by atoms with van der Waals surface area (Å²) in [6.45, 7) is 1.83. The number of anilines is 1. The van der Waals surface area contributed by atoms with Crippen LogP contribution in [0.1, 0.15) is 21.1 Å². The highest BCUT2D eigenvalue weighted by molar-refractivity contribution is 8.00. The number of rotatable bonds is 5. The van der Waals surface area contributed by atoms with Gasteiger partial charge in [0.15, 0.2) is 4.34 Å². The third kappa shape index (κ3) is 4.22. The zero-order valence-corrected chi connectivity index (χ0v) is 17.5. The lowest BCUT2D eigenvalue weighted by Crippen LogP contribution is -2.15. The highest BCUT2D eigenvalue weighted by atomic mass is 35.5. The molecule has 0 aliphatic carbocycles. The van der Waals surface area contributed by atoms with Crippen LogP contribution in [0.4, 0.5) is 5.13 Å². The SMILES string of the molecule is Cc1nn2c(=O)cc(CSc3nnc(NC(=O)c4ccc(Cl)cc4)s3)nc2s1. The van der Waals surface area contributed by atoms with Crippen LogP contribution >= 0.6 is 46.0 Å². The topological polar surface area (TPSA) is 102 Å². The number of hydrogen-bond donors (Lipinski definition) is 1. The first-order chi connectivity index (χ1) is 13.5. The van der Waals surface area contributed by atoms with Gasteiger partial charge in [0.1, 0.15) is 5.01 Å². The number of aryl methyl sites for hydroxylation is 1. The summed E-state index contributed by atoms with van der Waals surface area (Å²) in [5.74, 6) is 0.174. The number of halogens is 1. The molecular weight excluding hydrogens is 440 g/mol. The number of hydrogen-bond acceptors (Lipinski definition) is 9. The number of nitrogens with zero attached hydrogens (tertiary/aromatic N) is 5. The molecule has 0 bridgehead atoms. The Kier molecular flexibility index (Phi) is 5.40. The maximum Gasteiger partial charge on any atom is 0.275 e. The second-order valence-corrected chi connectivity index (χ2v) is 9.32. The van der Waals surface area contributed by atoms with Crippen LogP contribution in [0.2, 0.25) is 5.02 Å². The largest absolute Gasteiger partial charge is 0.296 e. The molecule has 142 valence electrons. The summed E-state index contributed by atoms with van der Waals surface area (Å²) < 4.78 is 1.96. The Morgan fingerprint density at radius 3 is 2.82 bits per heavy atom. The van der Waals surface area contributed by atoms with Crippen LogP contribution in [0.5, 0.6) is 0 Å². The van der Waals surface area contributed by atoms with Gasteiger partial charge >= 0.3 is 0 Å². The third-order valence-corrected chi connectivity index (χ3v) is 6.56. The molecule has 0 unspecified atom stereocenters. The van der Waals surface area contributed by atoms with Crippen LogP contribution in [0, 0.1) is 6.92 Å². The Morgan fingerprint density at radius 1 is 1.25 bits per heavy atom. The zero-order valence-electron chi connectivity index (χ0n) is 14.2. The van der Waals surface area contributed by atoms with Crippen molar-refractivity contribution in [2.24, 2.45) is 0 Å². The van der Waals surface area contributed by atoms with Crippen molar-refractivity contribution in [1.82, 2.24) is 24.8 Å². The Balaban J connectivity index is 1.41. The smallest absolute Gasteiger partial charge is 0.275 e. The summed E-state index contributed by atoms with van der Waals surface area (Å²) in [6.07, 6.45) is 0. The summed E-state index contributed by atoms with van der Waals surface area (Å²) >= 11 is 9.83. The van der Waals surface area contributed by atoms with E-state index in [-0.39, 0.29) is 11.5 Å². The molecule has 0 atom stereocenters. The third-order valence-electron chi connectivity index (χ3n) is 3.48. The standard InChI is InChI=1S/C16H11ClN6O2S3/c1-8-22-23-12(24)6-11(18-15(23)27-8)7-26-16-21-20-14(28-16)19-13(25)9-2-4-10(17)5-3-9/h2-6H,7H2,1H3,(H,19,20,25). The molecule has 1 aromatic carbocycles. The molecule has 1 N–H and O–H groups in total. The van der Waals surface area contributed by atoms with Gasteiger partial charge in [0.2, 0.25) is 10.1 Å². The fourth-order valence-corrected chi connectivity index (χ4v) is 4.78. The molecule has 0 saturated carbocycles. The predicted molar refractivity (Wildman–Crippen MR) is 111 cm³/mol. The highest BCUT2D eigenvalue weighted by Crippen LogP contribution is 2.28. The Morgan fingerprint density at radius 2 is 2.04 bits per heavy atom. The number of thioether (sulfide) groups is 1. The Hall–Kier alpha value is -2.34. The first-order valence-electron chi connectivity index (χ1n) is 7.87. The van der Waals surface area contributed by atoms with E-state index < -0.39 is 0 Å². The molecule has 0 spiro atoms. The number of fused-ring (bicyclic) bond motifs is 1. The van der Waals surface area contributed by atoms with Crippen LogP contribution in [-0.2, 0) is 5.75 Å². The van der Waals surface area contributed by atoms with Crippen molar-refractivity contribution < 1.29 is 4.79 Å². The average molecular weight is 451 g/mol. The van der Waals surface area contributed by atoms with E-state index >= 15 is 0 Å². The van der Waals surface area contributed by atoms with Crippen molar-refractivity contribution in [2.75, 3.05) is 5.32 Å². The van der Waals surface area contributed by atoms with E-state index in [4.69, 9.17) is 11.6 Å². The average Bonchev–Trinajstić information content (AvgIpc) is 3.26. The maximum absolute atomic E-state index is 12.2. The quantitative estimate of drug-likeness (QED) is 0.366. The molecule has 4 rings (SSSR count). The van der Waals surface area contributed by atoms with Crippen LogP contribution in [0.15, 0.2) is 39.5 Å². The van der Waals surface area contributed by atoms with Crippen LogP contribution in [0.25, 0.3) is 4.96 Å². The lowest BCUT2D eigenvalue weighted by molar-refractivity contribution is 0.102. The lowest BCUT2D eigenvalue weighted by atomic mass is 10.2. The minimum Gasteiger partial charge on any atom is -0.296 e. The van der Waals surface area contributed by atoms with Gasteiger partial charge in [0.25, 0.3) is 11.5 Å².